The summed E-state index contributed by atoms with van der Waals surface area (Å²) in [6, 6.07) is 0. The molecule has 2 rings (SSSR count). The van der Waals surface area contributed by atoms with Crippen LogP contribution in [0.5, 0.6) is 0 Å². The zero-order chi connectivity index (χ0) is 12.6. The number of likely N-dealkylation sites (N-methyl/N-ethyl adjacent to an activating group) is 1. The molecule has 1 amide bonds. The number of piperazine rings is 1. The summed E-state index contributed by atoms with van der Waals surface area (Å²) in [4.78, 5) is 24.1. The van der Waals surface area contributed by atoms with Gasteiger partial charge in [-0.15, -0.1) is 0 Å². The van der Waals surface area contributed by atoms with Gasteiger partial charge in [0.2, 0.25) is 5.91 Å². The average molecular weight is 299 g/mol. The van der Waals surface area contributed by atoms with Gasteiger partial charge in [-0.1, -0.05) is 0 Å². The SMILES string of the molecule is CN1CCN(c2ncncc2Br)C(C)(C)C1=O. The van der Waals surface area contributed by atoms with E-state index >= 15 is 0 Å². The number of rotatable bonds is 1. The Labute approximate surface area is 109 Å². The van der Waals surface area contributed by atoms with Crippen molar-refractivity contribution in [1.82, 2.24) is 14.9 Å². The monoisotopic (exact) mass is 298 g/mol. The minimum Gasteiger partial charge on any atom is -0.342 e. The number of nitrogens with zero attached hydrogens (tertiary/aromatic N) is 4. The van der Waals surface area contributed by atoms with Gasteiger partial charge in [-0.3, -0.25) is 4.79 Å². The summed E-state index contributed by atoms with van der Waals surface area (Å²) in [5, 5.41) is 0. The van der Waals surface area contributed by atoms with Crippen molar-refractivity contribution in [2.24, 2.45) is 0 Å². The largest absolute Gasteiger partial charge is 0.342 e. The maximum absolute atomic E-state index is 12.2. The van der Waals surface area contributed by atoms with Crippen LogP contribution in [0.3, 0.4) is 0 Å². The molecule has 0 unspecified atom stereocenters. The lowest BCUT2D eigenvalue weighted by Gasteiger charge is -2.45. The first kappa shape index (κ1) is 12.3. The Kier molecular flexibility index (Phi) is 3.07. The zero-order valence-corrected chi connectivity index (χ0v) is 11.7. The number of aromatic nitrogens is 2. The average Bonchev–Trinajstić information content (AvgIpc) is 2.28. The Morgan fingerprint density at radius 1 is 1.41 bits per heavy atom. The molecule has 1 aliphatic rings. The molecule has 2 heterocycles. The lowest BCUT2D eigenvalue weighted by molar-refractivity contribution is -0.136. The van der Waals surface area contributed by atoms with Gasteiger partial charge < -0.3 is 9.80 Å². The molecule has 6 heteroatoms. The van der Waals surface area contributed by atoms with Crippen LogP contribution in [-0.2, 0) is 4.79 Å². The van der Waals surface area contributed by atoms with Gasteiger partial charge in [0, 0.05) is 26.3 Å². The fourth-order valence-corrected chi connectivity index (χ4v) is 2.52. The molecule has 0 N–H and O–H groups in total. The Bertz CT molecular complexity index is 449. The van der Waals surface area contributed by atoms with Gasteiger partial charge in [-0.2, -0.15) is 0 Å². The van der Waals surface area contributed by atoms with Gasteiger partial charge in [-0.05, 0) is 29.8 Å². The van der Waals surface area contributed by atoms with Crippen LogP contribution in [0.15, 0.2) is 17.0 Å². The van der Waals surface area contributed by atoms with Gasteiger partial charge in [0.05, 0.1) is 4.47 Å². The van der Waals surface area contributed by atoms with Crippen LogP contribution >= 0.6 is 15.9 Å². The number of hydrogen-bond acceptors (Lipinski definition) is 4. The van der Waals surface area contributed by atoms with E-state index in [0.29, 0.717) is 6.54 Å². The van der Waals surface area contributed by atoms with E-state index in [-0.39, 0.29) is 5.91 Å². The fraction of sp³-hybridized carbons (Fsp3) is 0.545. The van der Waals surface area contributed by atoms with Crippen LogP contribution in [0.2, 0.25) is 0 Å². The minimum absolute atomic E-state index is 0.106. The molecule has 0 aliphatic carbocycles. The molecule has 1 aromatic rings. The molecule has 1 fully saturated rings. The highest BCUT2D eigenvalue weighted by molar-refractivity contribution is 9.10. The zero-order valence-electron chi connectivity index (χ0n) is 10.1. The fourth-order valence-electron chi connectivity index (χ4n) is 2.09. The van der Waals surface area contributed by atoms with Crippen molar-refractivity contribution in [3.8, 4) is 0 Å². The first-order valence-corrected chi connectivity index (χ1v) is 6.22. The predicted octanol–water partition coefficient (Wildman–Crippen LogP) is 1.30. The molecule has 0 radical (unpaired) electrons. The quantitative estimate of drug-likeness (QED) is 0.784. The van der Waals surface area contributed by atoms with Crippen molar-refractivity contribution in [3.63, 3.8) is 0 Å². The molecule has 1 saturated heterocycles. The molecule has 0 bridgehead atoms. The summed E-state index contributed by atoms with van der Waals surface area (Å²) < 4.78 is 0.811. The Morgan fingerprint density at radius 2 is 2.12 bits per heavy atom. The standard InChI is InChI=1S/C11H15BrN4O/c1-11(2)10(17)15(3)4-5-16(11)9-8(12)6-13-7-14-9/h6-7H,4-5H2,1-3H3. The lowest BCUT2D eigenvalue weighted by Crippen LogP contribution is -2.62. The highest BCUT2D eigenvalue weighted by atomic mass is 79.9. The number of anilines is 1. The second-order valence-corrected chi connectivity index (χ2v) is 5.49. The van der Waals surface area contributed by atoms with E-state index in [1.54, 1.807) is 11.1 Å². The first-order valence-electron chi connectivity index (χ1n) is 5.43. The third-order valence-electron chi connectivity index (χ3n) is 3.11. The van der Waals surface area contributed by atoms with E-state index in [4.69, 9.17) is 0 Å². The van der Waals surface area contributed by atoms with Crippen molar-refractivity contribution in [3.05, 3.63) is 17.0 Å². The maximum atomic E-state index is 12.2. The van der Waals surface area contributed by atoms with Crippen LogP contribution in [0.25, 0.3) is 0 Å². The number of carbonyl (C=O) groups is 1. The van der Waals surface area contributed by atoms with Crippen LogP contribution in [0.1, 0.15) is 13.8 Å². The lowest BCUT2D eigenvalue weighted by atomic mass is 9.98. The van der Waals surface area contributed by atoms with E-state index < -0.39 is 5.54 Å². The van der Waals surface area contributed by atoms with Gasteiger partial charge >= 0.3 is 0 Å². The van der Waals surface area contributed by atoms with Crippen LogP contribution in [0.4, 0.5) is 5.82 Å². The Hall–Kier alpha value is -1.17. The normalized spacial score (nSPS) is 19.6. The number of amides is 1. The Morgan fingerprint density at radius 3 is 2.76 bits per heavy atom. The summed E-state index contributed by atoms with van der Waals surface area (Å²) >= 11 is 3.43. The van der Waals surface area contributed by atoms with E-state index in [0.717, 1.165) is 16.8 Å². The first-order chi connectivity index (χ1) is 7.94. The second kappa shape index (κ2) is 4.25. The summed E-state index contributed by atoms with van der Waals surface area (Å²) in [6.07, 6.45) is 3.19. The van der Waals surface area contributed by atoms with Crippen molar-refractivity contribution in [2.75, 3.05) is 25.0 Å². The van der Waals surface area contributed by atoms with E-state index in [2.05, 4.69) is 25.9 Å². The van der Waals surface area contributed by atoms with Gasteiger partial charge in [0.1, 0.15) is 17.7 Å². The van der Waals surface area contributed by atoms with Crippen molar-refractivity contribution in [2.45, 2.75) is 19.4 Å². The van der Waals surface area contributed by atoms with E-state index in [1.807, 2.05) is 25.8 Å². The molecule has 0 aromatic carbocycles. The molecule has 1 aromatic heterocycles. The Balaban J connectivity index is 2.40. The molecular weight excluding hydrogens is 284 g/mol. The van der Waals surface area contributed by atoms with Crippen LogP contribution in [0, 0.1) is 0 Å². The van der Waals surface area contributed by atoms with E-state index in [1.165, 1.54) is 6.33 Å². The number of carbonyl (C=O) groups excluding carboxylic acids is 1. The maximum Gasteiger partial charge on any atom is 0.247 e. The van der Waals surface area contributed by atoms with Crippen LogP contribution in [-0.4, -0.2) is 46.5 Å². The molecular formula is C11H15BrN4O. The third-order valence-corrected chi connectivity index (χ3v) is 3.67. The molecule has 0 spiro atoms. The predicted molar refractivity (Wildman–Crippen MR) is 68.8 cm³/mol. The second-order valence-electron chi connectivity index (χ2n) is 4.63. The molecule has 92 valence electrons. The smallest absolute Gasteiger partial charge is 0.247 e. The number of hydrogen-bond donors (Lipinski definition) is 0. The van der Waals surface area contributed by atoms with Crippen molar-refractivity contribution >= 4 is 27.7 Å². The molecule has 0 atom stereocenters. The van der Waals surface area contributed by atoms with Crippen LogP contribution < -0.4 is 4.90 Å². The summed E-state index contributed by atoms with van der Waals surface area (Å²) in [5.41, 5.74) is -0.579. The van der Waals surface area contributed by atoms with Crippen molar-refractivity contribution in [1.29, 1.82) is 0 Å². The molecule has 1 aliphatic heterocycles. The van der Waals surface area contributed by atoms with Gasteiger partial charge in [0.25, 0.3) is 0 Å². The highest BCUT2D eigenvalue weighted by Gasteiger charge is 2.41. The van der Waals surface area contributed by atoms with Gasteiger partial charge in [0.15, 0.2) is 0 Å². The van der Waals surface area contributed by atoms with Gasteiger partial charge in [-0.25, -0.2) is 9.97 Å². The van der Waals surface area contributed by atoms with Crippen molar-refractivity contribution < 1.29 is 4.79 Å². The summed E-state index contributed by atoms with van der Waals surface area (Å²) in [5.74, 6) is 0.876. The summed E-state index contributed by atoms with van der Waals surface area (Å²) in [6.45, 7) is 5.31. The molecule has 5 nitrogen and oxygen atoms in total. The molecule has 17 heavy (non-hydrogen) atoms. The third kappa shape index (κ3) is 2.01. The number of halogens is 1. The minimum atomic E-state index is -0.579. The molecule has 0 saturated carbocycles. The van der Waals surface area contributed by atoms with E-state index in [9.17, 15) is 4.79 Å². The topological polar surface area (TPSA) is 49.3 Å². The summed E-state index contributed by atoms with van der Waals surface area (Å²) in [7, 11) is 1.83. The highest BCUT2D eigenvalue weighted by Crippen LogP contribution is 2.31.